The predicted octanol–water partition coefficient (Wildman–Crippen LogP) is 2.96. The Bertz CT molecular complexity index is 1130. The van der Waals surface area contributed by atoms with Gasteiger partial charge in [-0.3, -0.25) is 9.89 Å². The van der Waals surface area contributed by atoms with E-state index in [0.29, 0.717) is 5.82 Å². The number of methoxy groups -OCH3 is 1. The van der Waals surface area contributed by atoms with E-state index in [1.165, 1.54) is 6.26 Å². The van der Waals surface area contributed by atoms with Crippen molar-refractivity contribution in [3.8, 4) is 17.0 Å². The molecule has 0 bridgehead atoms. The van der Waals surface area contributed by atoms with Crippen LogP contribution in [0.5, 0.6) is 5.75 Å². The molecule has 1 atom stereocenters. The highest BCUT2D eigenvalue weighted by Crippen LogP contribution is 2.42. The van der Waals surface area contributed by atoms with Crippen LogP contribution in [0.25, 0.3) is 11.3 Å². The summed E-state index contributed by atoms with van der Waals surface area (Å²) in [5.41, 5.74) is 3.48. The molecule has 28 heavy (non-hydrogen) atoms. The Labute approximate surface area is 162 Å². The summed E-state index contributed by atoms with van der Waals surface area (Å²) in [6.07, 6.45) is 1.43. The summed E-state index contributed by atoms with van der Waals surface area (Å²) in [5.74, 6) is 0.892. The molecule has 7 nitrogen and oxygen atoms in total. The van der Waals surface area contributed by atoms with E-state index in [0.717, 1.165) is 28.1 Å². The van der Waals surface area contributed by atoms with Crippen LogP contribution >= 0.6 is 0 Å². The van der Waals surface area contributed by atoms with Crippen LogP contribution in [0.4, 0.5) is 5.82 Å². The molecule has 1 aromatic heterocycles. The number of anilines is 1. The van der Waals surface area contributed by atoms with Crippen molar-refractivity contribution in [1.29, 1.82) is 0 Å². The molecule has 144 valence electrons. The zero-order valence-corrected chi connectivity index (χ0v) is 16.2. The maximum atomic E-state index is 12.2. The predicted molar refractivity (Wildman–Crippen MR) is 105 cm³/mol. The molecule has 0 saturated heterocycles. The molecule has 2 heterocycles. The average molecular weight is 397 g/mol. The Morgan fingerprint density at radius 3 is 2.36 bits per heavy atom. The fourth-order valence-electron chi connectivity index (χ4n) is 3.47. The van der Waals surface area contributed by atoms with Crippen LogP contribution in [0.2, 0.25) is 0 Å². The van der Waals surface area contributed by atoms with E-state index in [-0.39, 0.29) is 23.1 Å². The zero-order valence-electron chi connectivity index (χ0n) is 15.4. The largest absolute Gasteiger partial charge is 0.497 e. The summed E-state index contributed by atoms with van der Waals surface area (Å²) >= 11 is 0. The van der Waals surface area contributed by atoms with Crippen molar-refractivity contribution in [1.82, 2.24) is 10.2 Å². The van der Waals surface area contributed by atoms with E-state index in [1.54, 1.807) is 31.4 Å². The number of sulfone groups is 1. The summed E-state index contributed by atoms with van der Waals surface area (Å²) < 4.78 is 28.7. The minimum atomic E-state index is -3.28. The van der Waals surface area contributed by atoms with Crippen molar-refractivity contribution in [3.63, 3.8) is 0 Å². The number of aromatic amines is 1. The van der Waals surface area contributed by atoms with Crippen LogP contribution in [0, 0.1) is 0 Å². The summed E-state index contributed by atoms with van der Waals surface area (Å²) in [6, 6.07) is 14.2. The summed E-state index contributed by atoms with van der Waals surface area (Å²) in [7, 11) is -1.67. The molecule has 8 heteroatoms. The van der Waals surface area contributed by atoms with E-state index in [9.17, 15) is 13.2 Å². The molecule has 1 unspecified atom stereocenters. The number of amides is 1. The highest BCUT2D eigenvalue weighted by molar-refractivity contribution is 7.90. The molecule has 0 saturated carbocycles. The first-order chi connectivity index (χ1) is 13.4. The molecular weight excluding hydrogens is 378 g/mol. The first-order valence-electron chi connectivity index (χ1n) is 8.69. The van der Waals surface area contributed by atoms with Gasteiger partial charge in [-0.1, -0.05) is 12.1 Å². The van der Waals surface area contributed by atoms with Crippen molar-refractivity contribution in [2.45, 2.75) is 17.2 Å². The molecular formula is C20H19N3O4S. The Morgan fingerprint density at radius 2 is 1.75 bits per heavy atom. The molecule has 4 rings (SSSR count). The van der Waals surface area contributed by atoms with E-state index in [2.05, 4.69) is 15.5 Å². The number of H-pyrrole nitrogens is 1. The van der Waals surface area contributed by atoms with Gasteiger partial charge in [-0.15, -0.1) is 0 Å². The average Bonchev–Trinajstić information content (AvgIpc) is 3.10. The van der Waals surface area contributed by atoms with Gasteiger partial charge in [0.05, 0.1) is 17.7 Å². The van der Waals surface area contributed by atoms with Crippen molar-refractivity contribution < 1.29 is 17.9 Å². The maximum Gasteiger partial charge on any atom is 0.226 e. The molecule has 1 aliphatic rings. The van der Waals surface area contributed by atoms with Gasteiger partial charge in [0.25, 0.3) is 0 Å². The number of hydrogen-bond donors (Lipinski definition) is 2. The van der Waals surface area contributed by atoms with Gasteiger partial charge in [0.2, 0.25) is 5.91 Å². The quantitative estimate of drug-likeness (QED) is 0.705. The van der Waals surface area contributed by atoms with Crippen LogP contribution in [0.3, 0.4) is 0 Å². The summed E-state index contributed by atoms with van der Waals surface area (Å²) in [4.78, 5) is 12.4. The van der Waals surface area contributed by atoms with Gasteiger partial charge in [-0.05, 0) is 42.0 Å². The molecule has 0 spiro atoms. The van der Waals surface area contributed by atoms with E-state index < -0.39 is 9.84 Å². The number of carbonyl (C=O) groups is 1. The third kappa shape index (κ3) is 3.27. The second-order valence-electron chi connectivity index (χ2n) is 6.74. The number of ether oxygens (including phenoxy) is 1. The number of benzene rings is 2. The monoisotopic (exact) mass is 397 g/mol. The van der Waals surface area contributed by atoms with Crippen molar-refractivity contribution in [3.05, 3.63) is 59.7 Å². The molecule has 2 N–H and O–H groups in total. The fourth-order valence-corrected chi connectivity index (χ4v) is 4.10. The third-order valence-corrected chi connectivity index (χ3v) is 6.02. The highest BCUT2D eigenvalue weighted by atomic mass is 32.2. The summed E-state index contributed by atoms with van der Waals surface area (Å²) in [5, 5.41) is 10.1. The van der Waals surface area contributed by atoms with Crippen molar-refractivity contribution >= 4 is 21.6 Å². The molecule has 1 amide bonds. The Morgan fingerprint density at radius 1 is 1.07 bits per heavy atom. The van der Waals surface area contributed by atoms with Crippen LogP contribution in [-0.4, -0.2) is 37.9 Å². The lowest BCUT2D eigenvalue weighted by Gasteiger charge is -2.23. The smallest absolute Gasteiger partial charge is 0.226 e. The second-order valence-corrected chi connectivity index (χ2v) is 8.75. The van der Waals surface area contributed by atoms with Crippen LogP contribution in [0.15, 0.2) is 53.4 Å². The van der Waals surface area contributed by atoms with Gasteiger partial charge in [-0.2, -0.15) is 5.10 Å². The molecule has 0 fully saturated rings. The third-order valence-electron chi connectivity index (χ3n) is 4.89. The molecule has 3 aromatic rings. The minimum Gasteiger partial charge on any atom is -0.497 e. The molecule has 0 aliphatic carbocycles. The topological polar surface area (TPSA) is 101 Å². The zero-order chi connectivity index (χ0) is 19.9. The van der Waals surface area contributed by atoms with Gasteiger partial charge in [0.15, 0.2) is 15.7 Å². The number of fused-ring (bicyclic) bond motifs is 1. The molecule has 2 aromatic carbocycles. The number of hydrogen-bond acceptors (Lipinski definition) is 5. The highest BCUT2D eigenvalue weighted by Gasteiger charge is 2.32. The molecule has 1 aliphatic heterocycles. The van der Waals surface area contributed by atoms with Crippen LogP contribution < -0.4 is 10.1 Å². The Balaban J connectivity index is 1.79. The normalized spacial score (nSPS) is 16.4. The lowest BCUT2D eigenvalue weighted by molar-refractivity contribution is -0.116. The number of aromatic nitrogens is 2. The van der Waals surface area contributed by atoms with E-state index in [1.807, 2.05) is 24.3 Å². The maximum absolute atomic E-state index is 12.2. The van der Waals surface area contributed by atoms with Crippen molar-refractivity contribution in [2.75, 3.05) is 18.7 Å². The van der Waals surface area contributed by atoms with Gasteiger partial charge in [0.1, 0.15) is 5.75 Å². The number of carbonyl (C=O) groups excluding carboxylic acids is 1. The standard InChI is InChI=1S/C20H19N3O4S/c1-27-14-7-3-13(4-8-14)19-18-16(11-17(24)21-20(18)23-22-19)12-5-9-15(10-6-12)28(2,25)26/h3-10,16H,11H2,1-2H3,(H2,21,22,23,24). The van der Waals surface area contributed by atoms with Gasteiger partial charge in [0, 0.05) is 29.7 Å². The summed E-state index contributed by atoms with van der Waals surface area (Å²) in [6.45, 7) is 0. The van der Waals surface area contributed by atoms with Crippen LogP contribution in [-0.2, 0) is 14.6 Å². The minimum absolute atomic E-state index is 0.127. The van der Waals surface area contributed by atoms with Gasteiger partial charge in [-0.25, -0.2) is 8.42 Å². The first-order valence-corrected chi connectivity index (χ1v) is 10.6. The van der Waals surface area contributed by atoms with Crippen molar-refractivity contribution in [2.24, 2.45) is 0 Å². The van der Waals surface area contributed by atoms with Gasteiger partial charge < -0.3 is 10.1 Å². The number of nitrogens with one attached hydrogen (secondary N) is 2. The number of rotatable bonds is 4. The lowest BCUT2D eigenvalue weighted by Crippen LogP contribution is -2.23. The first kappa shape index (κ1) is 18.2. The fraction of sp³-hybridized carbons (Fsp3) is 0.200. The molecule has 0 radical (unpaired) electrons. The van der Waals surface area contributed by atoms with E-state index in [4.69, 9.17) is 4.74 Å². The number of nitrogens with zero attached hydrogens (tertiary/aromatic N) is 1. The Kier molecular flexibility index (Phi) is 4.43. The SMILES string of the molecule is COc1ccc(-c2[nH]nc3c2C(c2ccc(S(C)(=O)=O)cc2)CC(=O)N3)cc1. The lowest BCUT2D eigenvalue weighted by atomic mass is 9.84. The van der Waals surface area contributed by atoms with E-state index >= 15 is 0 Å². The van der Waals surface area contributed by atoms with Gasteiger partial charge >= 0.3 is 0 Å². The Hall–Kier alpha value is -3.13. The second kappa shape index (κ2) is 6.79. The van der Waals surface area contributed by atoms with Crippen LogP contribution in [0.1, 0.15) is 23.5 Å².